The van der Waals surface area contributed by atoms with Crippen molar-refractivity contribution < 1.29 is 14.6 Å². The van der Waals surface area contributed by atoms with Crippen LogP contribution in [-0.2, 0) is 0 Å². The average molecular weight is 369 g/mol. The summed E-state index contributed by atoms with van der Waals surface area (Å²) < 4.78 is 12.3. The van der Waals surface area contributed by atoms with Gasteiger partial charge in [0.15, 0.2) is 0 Å². The first-order chi connectivity index (χ1) is 8.08. The minimum Gasteiger partial charge on any atom is -0.496 e. The zero-order valence-electron chi connectivity index (χ0n) is 9.67. The van der Waals surface area contributed by atoms with Crippen LogP contribution < -0.4 is 14.8 Å². The van der Waals surface area contributed by atoms with Crippen LogP contribution >= 0.6 is 31.9 Å². The Morgan fingerprint density at radius 3 is 2.47 bits per heavy atom. The number of ether oxygens (including phenoxy) is 2. The zero-order chi connectivity index (χ0) is 12.8. The minimum atomic E-state index is -0.534. The molecule has 2 N–H and O–H groups in total. The van der Waals surface area contributed by atoms with Crippen molar-refractivity contribution >= 4 is 31.9 Å². The van der Waals surface area contributed by atoms with Crippen molar-refractivity contribution in [3.8, 4) is 11.5 Å². The summed E-state index contributed by atoms with van der Waals surface area (Å²) in [6, 6.07) is 3.61. The molecule has 1 rings (SSSR count). The van der Waals surface area contributed by atoms with Crippen molar-refractivity contribution in [3.63, 3.8) is 0 Å². The van der Waals surface area contributed by atoms with E-state index in [-0.39, 0.29) is 6.61 Å². The number of methoxy groups -OCH3 is 1. The summed E-state index contributed by atoms with van der Waals surface area (Å²) in [4.78, 5) is 0. The van der Waals surface area contributed by atoms with Gasteiger partial charge in [0.2, 0.25) is 0 Å². The van der Waals surface area contributed by atoms with Crippen LogP contribution in [0.15, 0.2) is 21.1 Å². The SMILES string of the molecule is CNCC(O)COc1cc(Br)c(OC)cc1Br. The van der Waals surface area contributed by atoms with Gasteiger partial charge in [-0.05, 0) is 51.0 Å². The van der Waals surface area contributed by atoms with Crippen LogP contribution in [0.3, 0.4) is 0 Å². The van der Waals surface area contributed by atoms with Gasteiger partial charge in [0.05, 0.1) is 16.1 Å². The van der Waals surface area contributed by atoms with Crippen molar-refractivity contribution in [2.24, 2.45) is 0 Å². The van der Waals surface area contributed by atoms with E-state index in [0.29, 0.717) is 12.3 Å². The standard InChI is InChI=1S/C11H15Br2NO3/c1-14-5-7(15)6-17-11-4-8(12)10(16-2)3-9(11)13/h3-4,7,14-15H,5-6H2,1-2H3. The Hall–Kier alpha value is -0.300. The van der Waals surface area contributed by atoms with Crippen LogP contribution in [0.25, 0.3) is 0 Å². The van der Waals surface area contributed by atoms with Gasteiger partial charge < -0.3 is 19.9 Å². The van der Waals surface area contributed by atoms with Gasteiger partial charge in [0.25, 0.3) is 0 Å². The third kappa shape index (κ3) is 4.46. The Kier molecular flexibility index (Phi) is 6.26. The maximum absolute atomic E-state index is 9.53. The molecule has 0 aliphatic heterocycles. The first-order valence-electron chi connectivity index (χ1n) is 5.07. The molecule has 17 heavy (non-hydrogen) atoms. The highest BCUT2D eigenvalue weighted by Crippen LogP contribution is 2.35. The second kappa shape index (κ2) is 7.20. The molecular weight excluding hydrogens is 354 g/mol. The monoisotopic (exact) mass is 367 g/mol. The number of hydrogen-bond donors (Lipinski definition) is 2. The summed E-state index contributed by atoms with van der Waals surface area (Å²) in [7, 11) is 3.38. The van der Waals surface area contributed by atoms with Gasteiger partial charge in [-0.2, -0.15) is 0 Å². The highest BCUT2D eigenvalue weighted by molar-refractivity contribution is 9.11. The molecular formula is C11H15Br2NO3. The molecule has 0 aliphatic rings. The van der Waals surface area contributed by atoms with E-state index in [1.807, 2.05) is 6.07 Å². The molecule has 1 unspecified atom stereocenters. The Morgan fingerprint density at radius 1 is 1.29 bits per heavy atom. The van der Waals surface area contributed by atoms with Crippen LogP contribution in [0.5, 0.6) is 11.5 Å². The van der Waals surface area contributed by atoms with Crippen LogP contribution in [0, 0.1) is 0 Å². The molecule has 1 atom stereocenters. The fourth-order valence-corrected chi connectivity index (χ4v) is 2.18. The summed E-state index contributed by atoms with van der Waals surface area (Å²) in [5.41, 5.74) is 0. The molecule has 0 radical (unpaired) electrons. The van der Waals surface area contributed by atoms with E-state index in [9.17, 15) is 5.11 Å². The summed E-state index contributed by atoms with van der Waals surface area (Å²) in [6.45, 7) is 0.729. The maximum atomic E-state index is 9.53. The zero-order valence-corrected chi connectivity index (χ0v) is 12.8. The van der Waals surface area contributed by atoms with Gasteiger partial charge in [0, 0.05) is 6.54 Å². The van der Waals surface area contributed by atoms with Crippen molar-refractivity contribution in [2.45, 2.75) is 6.10 Å². The summed E-state index contributed by atoms with van der Waals surface area (Å²) >= 11 is 6.77. The fourth-order valence-electron chi connectivity index (χ4n) is 1.26. The van der Waals surface area contributed by atoms with Crippen molar-refractivity contribution in [1.29, 1.82) is 0 Å². The van der Waals surface area contributed by atoms with Crippen molar-refractivity contribution in [3.05, 3.63) is 21.1 Å². The molecule has 1 aromatic rings. The lowest BCUT2D eigenvalue weighted by Gasteiger charge is -2.14. The Balaban J connectivity index is 2.68. The van der Waals surface area contributed by atoms with Gasteiger partial charge in [0.1, 0.15) is 24.2 Å². The van der Waals surface area contributed by atoms with E-state index in [1.165, 1.54) is 0 Å². The van der Waals surface area contributed by atoms with Gasteiger partial charge in [-0.15, -0.1) is 0 Å². The summed E-state index contributed by atoms with van der Waals surface area (Å²) in [5, 5.41) is 12.4. The van der Waals surface area contributed by atoms with Crippen LogP contribution in [0.2, 0.25) is 0 Å². The molecule has 0 saturated carbocycles. The topological polar surface area (TPSA) is 50.7 Å². The molecule has 4 nitrogen and oxygen atoms in total. The second-order valence-electron chi connectivity index (χ2n) is 3.44. The van der Waals surface area contributed by atoms with E-state index in [1.54, 1.807) is 20.2 Å². The molecule has 0 aliphatic carbocycles. The molecule has 0 fully saturated rings. The molecule has 0 bridgehead atoms. The predicted octanol–water partition coefficient (Wildman–Crippen LogP) is 2.18. The molecule has 0 heterocycles. The van der Waals surface area contributed by atoms with Crippen LogP contribution in [-0.4, -0.2) is 38.5 Å². The Bertz CT molecular complexity index is 374. The predicted molar refractivity (Wildman–Crippen MR) is 73.8 cm³/mol. The first kappa shape index (κ1) is 14.8. The normalized spacial score (nSPS) is 12.3. The third-order valence-corrected chi connectivity index (χ3v) is 3.32. The number of benzene rings is 1. The molecule has 96 valence electrons. The van der Waals surface area contributed by atoms with Crippen molar-refractivity contribution in [1.82, 2.24) is 5.32 Å². The van der Waals surface area contributed by atoms with Gasteiger partial charge in [-0.3, -0.25) is 0 Å². The average Bonchev–Trinajstić information content (AvgIpc) is 2.30. The smallest absolute Gasteiger partial charge is 0.135 e. The largest absolute Gasteiger partial charge is 0.496 e. The lowest BCUT2D eigenvalue weighted by Crippen LogP contribution is -2.29. The molecule has 0 spiro atoms. The number of aliphatic hydroxyl groups is 1. The van der Waals surface area contributed by atoms with E-state index >= 15 is 0 Å². The maximum Gasteiger partial charge on any atom is 0.135 e. The van der Waals surface area contributed by atoms with E-state index in [4.69, 9.17) is 9.47 Å². The lowest BCUT2D eigenvalue weighted by atomic mass is 10.3. The molecule has 0 amide bonds. The number of aliphatic hydroxyl groups excluding tert-OH is 1. The van der Waals surface area contributed by atoms with Gasteiger partial charge >= 0.3 is 0 Å². The molecule has 0 saturated heterocycles. The van der Waals surface area contributed by atoms with Gasteiger partial charge in [-0.1, -0.05) is 0 Å². The number of halogens is 2. The number of nitrogens with one attached hydrogen (secondary N) is 1. The second-order valence-corrected chi connectivity index (χ2v) is 5.15. The molecule has 6 heteroatoms. The Morgan fingerprint density at radius 2 is 1.88 bits per heavy atom. The minimum absolute atomic E-state index is 0.234. The highest BCUT2D eigenvalue weighted by Gasteiger charge is 2.10. The van der Waals surface area contributed by atoms with Crippen LogP contribution in [0.4, 0.5) is 0 Å². The third-order valence-electron chi connectivity index (χ3n) is 2.08. The van der Waals surface area contributed by atoms with Gasteiger partial charge in [-0.25, -0.2) is 0 Å². The number of rotatable bonds is 6. The number of hydrogen-bond acceptors (Lipinski definition) is 4. The highest BCUT2D eigenvalue weighted by atomic mass is 79.9. The van der Waals surface area contributed by atoms with E-state index in [0.717, 1.165) is 14.7 Å². The van der Waals surface area contributed by atoms with Crippen molar-refractivity contribution in [2.75, 3.05) is 27.3 Å². The fraction of sp³-hybridized carbons (Fsp3) is 0.455. The van der Waals surface area contributed by atoms with E-state index in [2.05, 4.69) is 37.2 Å². The number of likely N-dealkylation sites (N-methyl/N-ethyl adjacent to an activating group) is 1. The van der Waals surface area contributed by atoms with Crippen LogP contribution in [0.1, 0.15) is 0 Å². The quantitative estimate of drug-likeness (QED) is 0.808. The summed E-state index contributed by atoms with van der Waals surface area (Å²) in [6.07, 6.45) is -0.534. The lowest BCUT2D eigenvalue weighted by molar-refractivity contribution is 0.108. The molecule has 0 aromatic heterocycles. The Labute approximate surface area is 118 Å². The summed E-state index contributed by atoms with van der Waals surface area (Å²) in [5.74, 6) is 1.38. The molecule has 1 aromatic carbocycles. The van der Waals surface area contributed by atoms with E-state index < -0.39 is 6.10 Å². The first-order valence-corrected chi connectivity index (χ1v) is 6.65.